The number of fused-ring (bicyclic) bond motifs is 1. The normalized spacial score (nSPS) is 21.2. The maximum absolute atomic E-state index is 11.4. The van der Waals surface area contributed by atoms with Crippen LogP contribution in [0.5, 0.6) is 5.75 Å². The van der Waals surface area contributed by atoms with Crippen molar-refractivity contribution >= 4 is 21.7 Å². The largest absolute Gasteiger partial charge is 0.490 e. The number of hydrogen-bond donors (Lipinski definition) is 2. The van der Waals surface area contributed by atoms with Crippen LogP contribution in [0.4, 0.5) is 5.69 Å². The van der Waals surface area contributed by atoms with E-state index < -0.39 is 10.2 Å². The zero-order valence-corrected chi connectivity index (χ0v) is 10.4. The fourth-order valence-corrected chi connectivity index (χ4v) is 2.83. The topological polar surface area (TPSA) is 93.8 Å². The second-order valence-corrected chi connectivity index (χ2v) is 5.74. The van der Waals surface area contributed by atoms with Crippen molar-refractivity contribution in [3.63, 3.8) is 0 Å². The minimum Gasteiger partial charge on any atom is -0.490 e. The van der Waals surface area contributed by atoms with E-state index in [1.807, 2.05) is 0 Å². The smallest absolute Gasteiger partial charge is 0.344 e. The van der Waals surface area contributed by atoms with E-state index in [1.54, 1.807) is 18.2 Å². The molecule has 18 heavy (non-hydrogen) atoms. The first-order chi connectivity index (χ1) is 8.55. The van der Waals surface area contributed by atoms with Gasteiger partial charge in [-0.15, -0.1) is 4.40 Å². The van der Waals surface area contributed by atoms with Gasteiger partial charge in [0.1, 0.15) is 5.75 Å². The molecule has 0 aromatic heterocycles. The third-order valence-electron chi connectivity index (χ3n) is 3.09. The summed E-state index contributed by atoms with van der Waals surface area (Å²) in [6.45, 7) is 0. The van der Waals surface area contributed by atoms with Gasteiger partial charge in [-0.3, -0.25) is 4.72 Å². The fraction of sp³-hybridized carbons (Fsp3) is 0.364. The molecule has 1 aromatic carbocycles. The molecule has 0 atom stereocenters. The molecule has 0 spiro atoms. The Kier molecular flexibility index (Phi) is 2.44. The molecule has 2 aliphatic rings. The minimum absolute atomic E-state index is 0.0290. The second kappa shape index (κ2) is 3.88. The molecular formula is C11H13N3O3S. The quantitative estimate of drug-likeness (QED) is 0.835. The van der Waals surface area contributed by atoms with Gasteiger partial charge in [0.2, 0.25) is 0 Å². The highest BCUT2D eigenvalue weighted by molar-refractivity contribution is 7.91. The first kappa shape index (κ1) is 11.3. The van der Waals surface area contributed by atoms with Crippen molar-refractivity contribution in [3.05, 3.63) is 23.8 Å². The van der Waals surface area contributed by atoms with E-state index in [1.165, 1.54) is 0 Å². The van der Waals surface area contributed by atoms with Gasteiger partial charge in [0.05, 0.1) is 17.4 Å². The van der Waals surface area contributed by atoms with Gasteiger partial charge >= 0.3 is 10.2 Å². The van der Waals surface area contributed by atoms with Crippen LogP contribution in [0.15, 0.2) is 22.6 Å². The van der Waals surface area contributed by atoms with E-state index in [9.17, 15) is 8.42 Å². The van der Waals surface area contributed by atoms with Gasteiger partial charge in [0.15, 0.2) is 5.84 Å². The summed E-state index contributed by atoms with van der Waals surface area (Å²) in [4.78, 5) is 0. The van der Waals surface area contributed by atoms with Crippen LogP contribution >= 0.6 is 0 Å². The average molecular weight is 267 g/mol. The molecule has 0 amide bonds. The Hall–Kier alpha value is -1.76. The molecule has 1 heterocycles. The van der Waals surface area contributed by atoms with Crippen LogP contribution in [0, 0.1) is 0 Å². The lowest BCUT2D eigenvalue weighted by Crippen LogP contribution is -2.29. The molecule has 1 fully saturated rings. The summed E-state index contributed by atoms with van der Waals surface area (Å²) in [7, 11) is -3.72. The number of ether oxygens (including phenoxy) is 1. The van der Waals surface area contributed by atoms with Crippen LogP contribution in [0.3, 0.4) is 0 Å². The number of rotatable bonds is 2. The standard InChI is InChI=1S/C11H13N3O3S/c12-11-10-8(13-18(15,16)14-11)5-2-6-9(10)17-7-3-1-4-7/h2,5-7,13H,1,3-4H2,(H2,12,14). The van der Waals surface area contributed by atoms with Crippen LogP contribution in [0.25, 0.3) is 0 Å². The Morgan fingerprint density at radius 3 is 2.83 bits per heavy atom. The van der Waals surface area contributed by atoms with E-state index in [0.717, 1.165) is 19.3 Å². The van der Waals surface area contributed by atoms with Gasteiger partial charge in [-0.05, 0) is 31.4 Å². The van der Waals surface area contributed by atoms with Crippen LogP contribution < -0.4 is 15.2 Å². The number of hydrogen-bond acceptors (Lipinski definition) is 4. The Bertz CT molecular complexity index is 620. The number of anilines is 1. The third kappa shape index (κ3) is 1.90. The average Bonchev–Trinajstić information content (AvgIpc) is 2.21. The number of nitrogens with one attached hydrogen (secondary N) is 1. The molecule has 0 unspecified atom stereocenters. The van der Waals surface area contributed by atoms with Gasteiger partial charge in [-0.25, -0.2) is 0 Å². The van der Waals surface area contributed by atoms with Crippen LogP contribution in [0.2, 0.25) is 0 Å². The van der Waals surface area contributed by atoms with E-state index in [-0.39, 0.29) is 11.9 Å². The molecular weight excluding hydrogens is 254 g/mol. The predicted molar refractivity (Wildman–Crippen MR) is 68.0 cm³/mol. The summed E-state index contributed by atoms with van der Waals surface area (Å²) in [5.41, 5.74) is 6.65. The zero-order chi connectivity index (χ0) is 12.8. The summed E-state index contributed by atoms with van der Waals surface area (Å²) >= 11 is 0. The predicted octanol–water partition coefficient (Wildman–Crippen LogP) is 0.993. The van der Waals surface area contributed by atoms with Crippen molar-refractivity contribution in [2.45, 2.75) is 25.4 Å². The van der Waals surface area contributed by atoms with Crippen molar-refractivity contribution in [1.82, 2.24) is 0 Å². The molecule has 0 bridgehead atoms. The number of nitrogens with zero attached hydrogens (tertiary/aromatic N) is 1. The molecule has 1 aliphatic heterocycles. The lowest BCUT2D eigenvalue weighted by molar-refractivity contribution is 0.120. The number of benzene rings is 1. The lowest BCUT2D eigenvalue weighted by atomic mass is 9.96. The highest BCUT2D eigenvalue weighted by atomic mass is 32.2. The molecule has 1 aliphatic carbocycles. The van der Waals surface area contributed by atoms with E-state index >= 15 is 0 Å². The van der Waals surface area contributed by atoms with Gasteiger partial charge < -0.3 is 10.5 Å². The van der Waals surface area contributed by atoms with Crippen molar-refractivity contribution in [2.24, 2.45) is 10.1 Å². The third-order valence-corrected chi connectivity index (χ3v) is 4.00. The lowest BCUT2D eigenvalue weighted by Gasteiger charge is -2.28. The van der Waals surface area contributed by atoms with Crippen molar-refractivity contribution in [2.75, 3.05) is 4.72 Å². The molecule has 3 N–H and O–H groups in total. The summed E-state index contributed by atoms with van der Waals surface area (Å²) in [5, 5.41) is 0. The Morgan fingerprint density at radius 2 is 2.17 bits per heavy atom. The fourth-order valence-electron chi connectivity index (χ4n) is 1.98. The highest BCUT2D eigenvalue weighted by Crippen LogP contribution is 2.33. The molecule has 7 heteroatoms. The summed E-state index contributed by atoms with van der Waals surface area (Å²) in [5.74, 6) is 0.555. The molecule has 6 nitrogen and oxygen atoms in total. The molecule has 1 aromatic rings. The second-order valence-electron chi connectivity index (χ2n) is 4.40. The first-order valence-electron chi connectivity index (χ1n) is 5.73. The Labute approximate surface area is 105 Å². The van der Waals surface area contributed by atoms with Crippen LogP contribution in [-0.2, 0) is 10.2 Å². The maximum Gasteiger partial charge on any atom is 0.344 e. The summed E-state index contributed by atoms with van der Waals surface area (Å²) in [6.07, 6.45) is 3.40. The zero-order valence-electron chi connectivity index (χ0n) is 9.59. The Balaban J connectivity index is 2.03. The van der Waals surface area contributed by atoms with E-state index in [0.29, 0.717) is 17.0 Å². The summed E-state index contributed by atoms with van der Waals surface area (Å²) in [6, 6.07) is 5.15. The molecule has 96 valence electrons. The van der Waals surface area contributed by atoms with E-state index in [2.05, 4.69) is 9.12 Å². The molecule has 3 rings (SSSR count). The van der Waals surface area contributed by atoms with Crippen molar-refractivity contribution in [3.8, 4) is 5.75 Å². The highest BCUT2D eigenvalue weighted by Gasteiger charge is 2.26. The van der Waals surface area contributed by atoms with Gasteiger partial charge in [0.25, 0.3) is 0 Å². The van der Waals surface area contributed by atoms with Crippen molar-refractivity contribution in [1.29, 1.82) is 0 Å². The molecule has 0 saturated heterocycles. The molecule has 1 saturated carbocycles. The van der Waals surface area contributed by atoms with Crippen LogP contribution in [0.1, 0.15) is 24.8 Å². The van der Waals surface area contributed by atoms with Gasteiger partial charge in [-0.2, -0.15) is 8.42 Å². The van der Waals surface area contributed by atoms with E-state index in [4.69, 9.17) is 10.5 Å². The molecule has 0 radical (unpaired) electrons. The van der Waals surface area contributed by atoms with Crippen LogP contribution in [-0.4, -0.2) is 20.4 Å². The van der Waals surface area contributed by atoms with Gasteiger partial charge in [0, 0.05) is 0 Å². The SMILES string of the molecule is NC1=NS(=O)(=O)Nc2cccc(OC3CCC3)c21. The first-order valence-corrected chi connectivity index (χ1v) is 7.17. The maximum atomic E-state index is 11.4. The summed E-state index contributed by atoms with van der Waals surface area (Å²) < 4.78 is 34.4. The number of nitrogens with two attached hydrogens (primary N) is 1. The van der Waals surface area contributed by atoms with Gasteiger partial charge in [-0.1, -0.05) is 6.07 Å². The Morgan fingerprint density at radius 1 is 1.39 bits per heavy atom. The minimum atomic E-state index is -3.72. The van der Waals surface area contributed by atoms with Crippen molar-refractivity contribution < 1.29 is 13.2 Å². The monoisotopic (exact) mass is 267 g/mol. The number of amidine groups is 1.